The van der Waals surface area contributed by atoms with E-state index in [-0.39, 0.29) is 35.6 Å². The number of rotatable bonds is 12. The van der Waals surface area contributed by atoms with Crippen LogP contribution in [0, 0.1) is 0 Å². The van der Waals surface area contributed by atoms with Crippen molar-refractivity contribution in [2.45, 2.75) is 26.4 Å². The number of thioether (sulfide) groups is 1. The van der Waals surface area contributed by atoms with Crippen molar-refractivity contribution in [1.82, 2.24) is 14.8 Å². The number of carbonyl (C=O) groups excluding carboxylic acids is 4. The van der Waals surface area contributed by atoms with Gasteiger partial charge in [-0.2, -0.15) is 4.99 Å². The first-order chi connectivity index (χ1) is 23.8. The molecule has 0 aliphatic carbocycles. The van der Waals surface area contributed by atoms with E-state index in [0.717, 1.165) is 33.8 Å². The van der Waals surface area contributed by atoms with Crippen molar-refractivity contribution < 1.29 is 23.9 Å². The van der Waals surface area contributed by atoms with E-state index >= 15 is 0 Å². The van der Waals surface area contributed by atoms with Gasteiger partial charge in [-0.15, -0.1) is 0 Å². The van der Waals surface area contributed by atoms with E-state index in [2.05, 4.69) is 16.9 Å². The van der Waals surface area contributed by atoms with Gasteiger partial charge in [0.05, 0.1) is 18.4 Å². The Morgan fingerprint density at radius 3 is 2.27 bits per heavy atom. The standard InChI is InChI=1S/C39H36N4O5S/c1-4-7-20-30(5-2)43-38(47)32(23-29-24-42(25-35(45)48-6-3)33-22-15-14-21-31(29)33)37(46)41-39(43)49-26-34(44)40-36(27-16-10-8-11-17-27)28-18-12-9-13-19-28/h4-5,7-24,36H,1,6,25-26H2,2-3H3,(H,40,44)/b20-7-,30-5+,32-23+. The molecule has 0 saturated heterocycles. The third-order valence-corrected chi connectivity index (χ3v) is 8.58. The van der Waals surface area contributed by atoms with Crippen LogP contribution in [0.1, 0.15) is 36.6 Å². The fourth-order valence-corrected chi connectivity index (χ4v) is 6.22. The number of nitrogens with zero attached hydrogens (tertiary/aromatic N) is 3. The number of amidine groups is 1. The summed E-state index contributed by atoms with van der Waals surface area (Å²) in [4.78, 5) is 59.1. The number of aromatic nitrogens is 1. The number of carbonyl (C=O) groups is 4. The summed E-state index contributed by atoms with van der Waals surface area (Å²) in [5, 5.41) is 3.92. The van der Waals surface area contributed by atoms with E-state index in [1.165, 1.54) is 11.0 Å². The summed E-state index contributed by atoms with van der Waals surface area (Å²) >= 11 is 0.996. The SMILES string of the molecule is C=C/C=C\C(=C/C)N1C(=O)/C(=C/c2cn(CC(=O)OCC)c3ccccc23)C(=O)N=C1SCC(=O)NC(c1ccccc1)c1ccccc1. The maximum atomic E-state index is 14.2. The van der Waals surface area contributed by atoms with Crippen molar-refractivity contribution in [2.24, 2.45) is 4.99 Å². The third kappa shape index (κ3) is 8.22. The second-order valence-electron chi connectivity index (χ2n) is 10.9. The molecule has 0 radical (unpaired) electrons. The van der Waals surface area contributed by atoms with Gasteiger partial charge in [0.25, 0.3) is 11.8 Å². The fraction of sp³-hybridized carbons (Fsp3) is 0.154. The number of fused-ring (bicyclic) bond motifs is 1. The molecule has 10 heteroatoms. The average Bonchev–Trinajstić information content (AvgIpc) is 3.46. The number of ether oxygens (including phenoxy) is 1. The normalized spacial score (nSPS) is 14.5. The highest BCUT2D eigenvalue weighted by molar-refractivity contribution is 8.14. The lowest BCUT2D eigenvalue weighted by atomic mass is 9.99. The Morgan fingerprint density at radius 1 is 0.980 bits per heavy atom. The summed E-state index contributed by atoms with van der Waals surface area (Å²) in [6, 6.07) is 26.3. The summed E-state index contributed by atoms with van der Waals surface area (Å²) in [6.45, 7) is 7.45. The zero-order valence-corrected chi connectivity index (χ0v) is 28.1. The van der Waals surface area contributed by atoms with Crippen molar-refractivity contribution in [2.75, 3.05) is 12.4 Å². The van der Waals surface area contributed by atoms with Crippen molar-refractivity contribution in [3.8, 4) is 0 Å². The van der Waals surface area contributed by atoms with Gasteiger partial charge in [-0.3, -0.25) is 24.1 Å². The largest absolute Gasteiger partial charge is 0.465 e. The Morgan fingerprint density at radius 2 is 1.63 bits per heavy atom. The molecule has 3 aromatic carbocycles. The van der Waals surface area contributed by atoms with Crippen LogP contribution >= 0.6 is 11.8 Å². The lowest BCUT2D eigenvalue weighted by molar-refractivity contribution is -0.143. The number of allylic oxidation sites excluding steroid dienone is 4. The molecular weight excluding hydrogens is 637 g/mol. The zero-order valence-electron chi connectivity index (χ0n) is 27.2. The third-order valence-electron chi connectivity index (χ3n) is 7.64. The van der Waals surface area contributed by atoms with Gasteiger partial charge >= 0.3 is 5.97 Å². The molecule has 1 N–H and O–H groups in total. The quantitative estimate of drug-likeness (QED) is 0.0787. The minimum Gasteiger partial charge on any atom is -0.465 e. The smallest absolute Gasteiger partial charge is 0.325 e. The number of hydrogen-bond acceptors (Lipinski definition) is 6. The van der Waals surface area contributed by atoms with Crippen LogP contribution in [0.3, 0.4) is 0 Å². The molecule has 0 bridgehead atoms. The summed E-state index contributed by atoms with van der Waals surface area (Å²) < 4.78 is 6.86. The van der Waals surface area contributed by atoms with Crippen LogP contribution in [0.4, 0.5) is 0 Å². The van der Waals surface area contributed by atoms with Gasteiger partial charge in [-0.05, 0) is 43.2 Å². The number of para-hydroxylation sites is 1. The number of esters is 1. The minimum atomic E-state index is -0.735. The van der Waals surface area contributed by atoms with Gasteiger partial charge in [0, 0.05) is 28.4 Å². The predicted octanol–water partition coefficient (Wildman–Crippen LogP) is 6.60. The molecule has 1 aliphatic heterocycles. The first-order valence-electron chi connectivity index (χ1n) is 15.7. The monoisotopic (exact) mass is 672 g/mol. The molecule has 0 spiro atoms. The molecule has 49 heavy (non-hydrogen) atoms. The summed E-state index contributed by atoms with van der Waals surface area (Å²) in [5.41, 5.74) is 3.43. The van der Waals surface area contributed by atoms with E-state index in [9.17, 15) is 19.2 Å². The average molecular weight is 673 g/mol. The van der Waals surface area contributed by atoms with Crippen LogP contribution in [-0.2, 0) is 30.5 Å². The summed E-state index contributed by atoms with van der Waals surface area (Å²) in [5.74, 6) is -2.14. The number of benzene rings is 3. The molecule has 2 heterocycles. The number of amides is 3. The molecule has 3 amide bonds. The summed E-state index contributed by atoms with van der Waals surface area (Å²) in [6.07, 6.45) is 9.84. The molecule has 9 nitrogen and oxygen atoms in total. The lowest BCUT2D eigenvalue weighted by Crippen LogP contribution is -2.42. The Labute approximate surface area is 289 Å². The molecule has 0 unspecified atom stereocenters. The van der Waals surface area contributed by atoms with E-state index in [0.29, 0.717) is 11.3 Å². The number of nitrogens with one attached hydrogen (secondary N) is 1. The second kappa shape index (κ2) is 16.4. The molecular formula is C39H36N4O5S. The Balaban J connectivity index is 1.45. The topological polar surface area (TPSA) is 110 Å². The molecule has 1 aromatic heterocycles. The Bertz CT molecular complexity index is 1950. The number of hydrogen-bond donors (Lipinski definition) is 1. The minimum absolute atomic E-state index is 0.0307. The van der Waals surface area contributed by atoms with E-state index in [1.807, 2.05) is 84.9 Å². The van der Waals surface area contributed by atoms with Crippen molar-refractivity contribution in [3.63, 3.8) is 0 Å². The fourth-order valence-electron chi connectivity index (χ4n) is 5.42. The van der Waals surface area contributed by atoms with Crippen LogP contribution in [0.2, 0.25) is 0 Å². The van der Waals surface area contributed by atoms with Crippen LogP contribution < -0.4 is 5.32 Å². The highest BCUT2D eigenvalue weighted by Gasteiger charge is 2.35. The highest BCUT2D eigenvalue weighted by Crippen LogP contribution is 2.29. The van der Waals surface area contributed by atoms with Crippen molar-refractivity contribution in [1.29, 1.82) is 0 Å². The first kappa shape index (κ1) is 34.6. The van der Waals surface area contributed by atoms with Gasteiger partial charge in [-0.25, -0.2) is 0 Å². The summed E-state index contributed by atoms with van der Waals surface area (Å²) in [7, 11) is 0. The van der Waals surface area contributed by atoms with E-state index < -0.39 is 23.8 Å². The van der Waals surface area contributed by atoms with E-state index in [1.54, 1.807) is 48.9 Å². The molecule has 0 fully saturated rings. The maximum absolute atomic E-state index is 14.2. The molecule has 0 atom stereocenters. The maximum Gasteiger partial charge on any atom is 0.325 e. The van der Waals surface area contributed by atoms with Crippen LogP contribution in [0.5, 0.6) is 0 Å². The molecule has 248 valence electrons. The van der Waals surface area contributed by atoms with Crippen molar-refractivity contribution >= 4 is 57.6 Å². The molecule has 4 aromatic rings. The van der Waals surface area contributed by atoms with Crippen molar-refractivity contribution in [3.05, 3.63) is 150 Å². The zero-order chi connectivity index (χ0) is 34.8. The van der Waals surface area contributed by atoms with E-state index in [4.69, 9.17) is 4.74 Å². The number of aliphatic imine (C=N–C) groups is 1. The molecule has 1 aliphatic rings. The van der Waals surface area contributed by atoms with Crippen LogP contribution in [-0.4, -0.2) is 50.7 Å². The van der Waals surface area contributed by atoms with Gasteiger partial charge in [0.1, 0.15) is 12.1 Å². The van der Waals surface area contributed by atoms with Gasteiger partial charge < -0.3 is 14.6 Å². The predicted molar refractivity (Wildman–Crippen MR) is 194 cm³/mol. The van der Waals surface area contributed by atoms with Crippen LogP contribution in [0.25, 0.3) is 17.0 Å². The molecule has 0 saturated carbocycles. The lowest BCUT2D eigenvalue weighted by Gasteiger charge is -2.28. The Hall–Kier alpha value is -5.74. The Kier molecular flexibility index (Phi) is 11.6. The second-order valence-corrected chi connectivity index (χ2v) is 11.8. The van der Waals surface area contributed by atoms with Gasteiger partial charge in [0.15, 0.2) is 5.17 Å². The van der Waals surface area contributed by atoms with Gasteiger partial charge in [-0.1, -0.05) is 115 Å². The first-order valence-corrected chi connectivity index (χ1v) is 16.7. The highest BCUT2D eigenvalue weighted by atomic mass is 32.2. The van der Waals surface area contributed by atoms with Crippen LogP contribution in [0.15, 0.2) is 138 Å². The molecule has 5 rings (SSSR count). The van der Waals surface area contributed by atoms with Gasteiger partial charge in [0.2, 0.25) is 5.91 Å².